The lowest BCUT2D eigenvalue weighted by Gasteiger charge is -2.29. The molecule has 3 aromatic rings. The van der Waals surface area contributed by atoms with Gasteiger partial charge in [0.1, 0.15) is 5.82 Å². The van der Waals surface area contributed by atoms with Crippen LogP contribution in [0.5, 0.6) is 0 Å². The fraction of sp³-hybridized carbons (Fsp3) is 0.304. The number of benzene rings is 3. The molecule has 0 aromatic heterocycles. The average molecular weight is 354 g/mol. The summed E-state index contributed by atoms with van der Waals surface area (Å²) in [5.41, 5.74) is 2.93. The lowest BCUT2D eigenvalue weighted by Crippen LogP contribution is -2.13. The minimum atomic E-state index is -0.814. The summed E-state index contributed by atoms with van der Waals surface area (Å²) in [5.74, 6) is -1.05. The molecule has 0 saturated heterocycles. The molecule has 0 bridgehead atoms. The normalized spacial score (nSPS) is 20.5. The first kappa shape index (κ1) is 17.1. The fourth-order valence-corrected chi connectivity index (χ4v) is 4.24. The Morgan fingerprint density at radius 1 is 0.731 bits per heavy atom. The maximum Gasteiger partial charge on any atom is 0.166 e. The van der Waals surface area contributed by atoms with Gasteiger partial charge in [-0.3, -0.25) is 0 Å². The topological polar surface area (TPSA) is 0 Å². The van der Waals surface area contributed by atoms with E-state index in [9.17, 15) is 13.2 Å². The van der Waals surface area contributed by atoms with Crippen molar-refractivity contribution < 1.29 is 13.2 Å². The second-order valence-electron chi connectivity index (χ2n) is 7.42. The minimum Gasteiger partial charge on any atom is -0.207 e. The molecule has 4 rings (SSSR count). The van der Waals surface area contributed by atoms with Gasteiger partial charge in [-0.2, -0.15) is 0 Å². The third-order valence-electron chi connectivity index (χ3n) is 5.73. The van der Waals surface area contributed by atoms with Gasteiger partial charge in [-0.25, -0.2) is 13.2 Å². The maximum absolute atomic E-state index is 14.2. The molecular formula is C23H21F3. The summed E-state index contributed by atoms with van der Waals surface area (Å²) < 4.78 is 41.5. The zero-order valence-corrected chi connectivity index (χ0v) is 14.7. The van der Waals surface area contributed by atoms with Crippen LogP contribution >= 0.6 is 0 Å². The van der Waals surface area contributed by atoms with E-state index in [1.165, 1.54) is 6.07 Å². The smallest absolute Gasteiger partial charge is 0.166 e. The van der Waals surface area contributed by atoms with Gasteiger partial charge in [0.15, 0.2) is 11.6 Å². The number of aryl methyl sites for hydroxylation is 1. The van der Waals surface area contributed by atoms with E-state index in [0.717, 1.165) is 47.8 Å². The molecule has 134 valence electrons. The number of rotatable bonds is 2. The molecule has 0 N–H and O–H groups in total. The van der Waals surface area contributed by atoms with Gasteiger partial charge in [-0.15, -0.1) is 0 Å². The van der Waals surface area contributed by atoms with Crippen LogP contribution in [0.15, 0.2) is 48.5 Å². The van der Waals surface area contributed by atoms with Crippen LogP contribution in [0.2, 0.25) is 0 Å². The summed E-state index contributed by atoms with van der Waals surface area (Å²) >= 11 is 0. The van der Waals surface area contributed by atoms with Crippen LogP contribution in [0.4, 0.5) is 13.2 Å². The highest BCUT2D eigenvalue weighted by atomic mass is 19.2. The van der Waals surface area contributed by atoms with Gasteiger partial charge in [-0.1, -0.05) is 36.4 Å². The average Bonchev–Trinajstić information content (AvgIpc) is 2.65. The first-order valence-corrected chi connectivity index (χ1v) is 9.16. The quantitative estimate of drug-likeness (QED) is 0.464. The maximum atomic E-state index is 14.2. The fourth-order valence-electron chi connectivity index (χ4n) is 4.24. The van der Waals surface area contributed by atoms with E-state index in [0.29, 0.717) is 11.3 Å². The molecule has 1 aliphatic rings. The summed E-state index contributed by atoms with van der Waals surface area (Å²) in [5, 5.41) is 1.05. The van der Waals surface area contributed by atoms with Crippen molar-refractivity contribution in [2.75, 3.05) is 0 Å². The second kappa shape index (κ2) is 6.79. The van der Waals surface area contributed by atoms with Crippen LogP contribution in [-0.2, 0) is 0 Å². The summed E-state index contributed by atoms with van der Waals surface area (Å²) in [4.78, 5) is 0. The van der Waals surface area contributed by atoms with Crippen LogP contribution < -0.4 is 0 Å². The Bertz CT molecular complexity index is 953. The highest BCUT2D eigenvalue weighted by Crippen LogP contribution is 2.41. The SMILES string of the molecule is Cc1ccc(C2CCC(c3ccc4c(F)c(F)ccc4c3)CC2)c(F)c1. The zero-order valence-electron chi connectivity index (χ0n) is 14.7. The molecule has 0 unspecified atom stereocenters. The number of hydrogen-bond donors (Lipinski definition) is 0. The van der Waals surface area contributed by atoms with Crippen LogP contribution in [0.25, 0.3) is 10.8 Å². The third kappa shape index (κ3) is 3.11. The number of halogens is 3. The molecule has 0 aliphatic heterocycles. The molecule has 1 fully saturated rings. The van der Waals surface area contributed by atoms with Crippen LogP contribution in [0.3, 0.4) is 0 Å². The Kier molecular flexibility index (Phi) is 4.47. The summed E-state index contributed by atoms with van der Waals surface area (Å²) in [6.07, 6.45) is 3.85. The molecule has 0 amide bonds. The Morgan fingerprint density at radius 3 is 2.19 bits per heavy atom. The minimum absolute atomic E-state index is 0.100. The van der Waals surface area contributed by atoms with Crippen molar-refractivity contribution in [3.63, 3.8) is 0 Å². The predicted molar refractivity (Wildman–Crippen MR) is 99.0 cm³/mol. The Morgan fingerprint density at radius 2 is 1.46 bits per heavy atom. The predicted octanol–water partition coefficient (Wildman–Crippen LogP) is 7.01. The van der Waals surface area contributed by atoms with Crippen LogP contribution in [0, 0.1) is 24.4 Å². The van der Waals surface area contributed by atoms with Crippen LogP contribution in [-0.4, -0.2) is 0 Å². The first-order chi connectivity index (χ1) is 12.5. The van der Waals surface area contributed by atoms with E-state index in [2.05, 4.69) is 0 Å². The van der Waals surface area contributed by atoms with Gasteiger partial charge in [-0.05, 0) is 78.7 Å². The van der Waals surface area contributed by atoms with Crippen molar-refractivity contribution in [2.24, 2.45) is 0 Å². The molecular weight excluding hydrogens is 333 g/mol. The van der Waals surface area contributed by atoms with Crippen molar-refractivity contribution >= 4 is 10.8 Å². The molecule has 3 heteroatoms. The van der Waals surface area contributed by atoms with Crippen LogP contribution in [0.1, 0.15) is 54.2 Å². The monoisotopic (exact) mass is 354 g/mol. The van der Waals surface area contributed by atoms with E-state index < -0.39 is 11.6 Å². The molecule has 26 heavy (non-hydrogen) atoms. The first-order valence-electron chi connectivity index (χ1n) is 9.16. The van der Waals surface area contributed by atoms with Gasteiger partial charge < -0.3 is 0 Å². The molecule has 0 spiro atoms. The Balaban J connectivity index is 1.53. The van der Waals surface area contributed by atoms with Crippen molar-refractivity contribution in [3.8, 4) is 0 Å². The van der Waals surface area contributed by atoms with Gasteiger partial charge in [0.25, 0.3) is 0 Å². The standard InChI is InChI=1S/C23H21F3/c1-14-2-9-19(22(25)12-14)16-5-3-15(4-6-16)17-7-10-20-18(13-17)8-11-21(24)23(20)26/h2,7-13,15-16H,3-6H2,1H3. The molecule has 0 heterocycles. The molecule has 1 saturated carbocycles. The zero-order chi connectivity index (χ0) is 18.3. The van der Waals surface area contributed by atoms with E-state index in [4.69, 9.17) is 0 Å². The Hall–Kier alpha value is -2.29. The summed E-state index contributed by atoms with van der Waals surface area (Å²) in [6, 6.07) is 13.9. The highest BCUT2D eigenvalue weighted by molar-refractivity contribution is 5.84. The van der Waals surface area contributed by atoms with Gasteiger partial charge >= 0.3 is 0 Å². The summed E-state index contributed by atoms with van der Waals surface area (Å²) in [6.45, 7) is 1.90. The largest absolute Gasteiger partial charge is 0.207 e. The van der Waals surface area contributed by atoms with Crippen molar-refractivity contribution in [1.82, 2.24) is 0 Å². The number of fused-ring (bicyclic) bond motifs is 1. The lowest BCUT2D eigenvalue weighted by atomic mass is 9.75. The van der Waals surface area contributed by atoms with Gasteiger partial charge in [0, 0.05) is 5.39 Å². The van der Waals surface area contributed by atoms with Crippen molar-refractivity contribution in [2.45, 2.75) is 44.4 Å². The lowest BCUT2D eigenvalue weighted by molar-refractivity contribution is 0.387. The number of hydrogen-bond acceptors (Lipinski definition) is 0. The Labute approximate surface area is 151 Å². The van der Waals surface area contributed by atoms with E-state index in [-0.39, 0.29) is 11.7 Å². The third-order valence-corrected chi connectivity index (χ3v) is 5.73. The highest BCUT2D eigenvalue weighted by Gasteiger charge is 2.25. The summed E-state index contributed by atoms with van der Waals surface area (Å²) in [7, 11) is 0. The van der Waals surface area contributed by atoms with E-state index in [1.54, 1.807) is 18.2 Å². The molecule has 0 nitrogen and oxygen atoms in total. The van der Waals surface area contributed by atoms with E-state index in [1.807, 2.05) is 31.2 Å². The molecule has 1 aliphatic carbocycles. The van der Waals surface area contributed by atoms with Gasteiger partial charge in [0.05, 0.1) is 0 Å². The van der Waals surface area contributed by atoms with E-state index >= 15 is 0 Å². The molecule has 0 radical (unpaired) electrons. The van der Waals surface area contributed by atoms with Crippen molar-refractivity contribution in [1.29, 1.82) is 0 Å². The molecule has 0 atom stereocenters. The van der Waals surface area contributed by atoms with Gasteiger partial charge in [0.2, 0.25) is 0 Å². The van der Waals surface area contributed by atoms with Crippen molar-refractivity contribution in [3.05, 3.63) is 82.7 Å². The second-order valence-corrected chi connectivity index (χ2v) is 7.42. The molecule has 3 aromatic carbocycles.